The number of benzene rings is 2. The van der Waals surface area contributed by atoms with Gasteiger partial charge in [0.2, 0.25) is 5.78 Å². The van der Waals surface area contributed by atoms with E-state index in [-0.39, 0.29) is 12.4 Å². The second kappa shape index (κ2) is 7.81. The molecule has 2 aromatic carbocycles. The van der Waals surface area contributed by atoms with Crippen LogP contribution in [0.4, 0.5) is 0 Å². The van der Waals surface area contributed by atoms with Gasteiger partial charge in [0.05, 0.1) is 41.5 Å². The third-order valence-electron chi connectivity index (χ3n) is 5.54. The van der Waals surface area contributed by atoms with Crippen LogP contribution in [0.15, 0.2) is 72.9 Å². The van der Waals surface area contributed by atoms with E-state index in [9.17, 15) is 9.59 Å². The number of methoxy groups -OCH3 is 1. The summed E-state index contributed by atoms with van der Waals surface area (Å²) in [6.45, 7) is 2.00. The zero-order valence-electron chi connectivity index (χ0n) is 17.7. The van der Waals surface area contributed by atoms with Gasteiger partial charge in [-0.05, 0) is 49.4 Å². The molecule has 32 heavy (non-hydrogen) atoms. The maximum Gasteiger partial charge on any atom is 0.340 e. The van der Waals surface area contributed by atoms with Crippen molar-refractivity contribution >= 4 is 39.1 Å². The Morgan fingerprint density at radius 3 is 2.47 bits per heavy atom. The molecular formula is C26H20N2O4. The predicted molar refractivity (Wildman–Crippen MR) is 123 cm³/mol. The highest BCUT2D eigenvalue weighted by Gasteiger charge is 2.23. The van der Waals surface area contributed by atoms with E-state index in [2.05, 4.69) is 4.98 Å². The van der Waals surface area contributed by atoms with Crippen LogP contribution in [0.1, 0.15) is 33.3 Å². The van der Waals surface area contributed by atoms with Crippen LogP contribution in [0, 0.1) is 0 Å². The highest BCUT2D eigenvalue weighted by molar-refractivity contribution is 6.14. The third kappa shape index (κ3) is 3.08. The lowest BCUT2D eigenvalue weighted by Crippen LogP contribution is -2.06. The largest absolute Gasteiger partial charge is 0.497 e. The monoisotopic (exact) mass is 424 g/mol. The van der Waals surface area contributed by atoms with Crippen molar-refractivity contribution in [1.82, 2.24) is 9.38 Å². The maximum atomic E-state index is 13.6. The maximum absolute atomic E-state index is 13.6. The van der Waals surface area contributed by atoms with Crippen LogP contribution in [0.25, 0.3) is 27.3 Å². The fraction of sp³-hybridized carbons (Fsp3) is 0.115. The summed E-state index contributed by atoms with van der Waals surface area (Å²) in [6, 6.07) is 20.1. The molecule has 0 saturated carbocycles. The molecule has 6 nitrogen and oxygen atoms in total. The molecule has 158 valence electrons. The number of fused-ring (bicyclic) bond motifs is 5. The molecule has 0 saturated heterocycles. The zero-order valence-corrected chi connectivity index (χ0v) is 17.7. The Balaban J connectivity index is 1.86. The number of ether oxygens (including phenoxy) is 2. The molecule has 0 fully saturated rings. The number of carbonyl (C=O) groups is 2. The number of hydrogen-bond acceptors (Lipinski definition) is 5. The lowest BCUT2D eigenvalue weighted by Gasteiger charge is -2.10. The van der Waals surface area contributed by atoms with Crippen LogP contribution in [0.2, 0.25) is 0 Å². The molecule has 6 heteroatoms. The molecule has 0 aliphatic rings. The number of pyridine rings is 2. The van der Waals surface area contributed by atoms with E-state index < -0.39 is 5.97 Å². The van der Waals surface area contributed by atoms with Crippen molar-refractivity contribution in [3.63, 3.8) is 0 Å². The van der Waals surface area contributed by atoms with Gasteiger partial charge < -0.3 is 13.9 Å². The van der Waals surface area contributed by atoms with Crippen molar-refractivity contribution in [2.75, 3.05) is 13.7 Å². The van der Waals surface area contributed by atoms with Gasteiger partial charge in [0.25, 0.3) is 0 Å². The quantitative estimate of drug-likeness (QED) is 0.224. The Kier molecular flexibility index (Phi) is 4.82. The highest BCUT2D eigenvalue weighted by Crippen LogP contribution is 2.30. The average molecular weight is 424 g/mol. The van der Waals surface area contributed by atoms with Crippen LogP contribution in [0.5, 0.6) is 5.75 Å². The molecule has 0 amide bonds. The van der Waals surface area contributed by atoms with Gasteiger partial charge in [0.15, 0.2) is 0 Å². The molecule has 3 heterocycles. The van der Waals surface area contributed by atoms with E-state index in [0.717, 1.165) is 21.8 Å². The molecule has 0 spiro atoms. The summed E-state index contributed by atoms with van der Waals surface area (Å²) < 4.78 is 12.3. The molecular weight excluding hydrogens is 404 g/mol. The van der Waals surface area contributed by atoms with Crippen LogP contribution < -0.4 is 4.74 Å². The molecule has 0 atom stereocenters. The molecule has 5 rings (SSSR count). The van der Waals surface area contributed by atoms with E-state index in [4.69, 9.17) is 9.47 Å². The standard InChI is InChI=1S/C26H20N2O4/c1-3-32-26(30)20-15-22(25(29)18-8-11-19(31-2)12-9-18)28-21(20)13-10-17-7-6-16-5-4-14-27-23(16)24(17)28/h4-15H,3H2,1-2H3. The van der Waals surface area contributed by atoms with Crippen molar-refractivity contribution in [3.8, 4) is 5.75 Å². The summed E-state index contributed by atoms with van der Waals surface area (Å²) in [5.74, 6) is -0.0145. The summed E-state index contributed by atoms with van der Waals surface area (Å²) >= 11 is 0. The second-order valence-corrected chi connectivity index (χ2v) is 7.35. The van der Waals surface area contributed by atoms with E-state index in [0.29, 0.717) is 28.1 Å². The number of rotatable bonds is 5. The van der Waals surface area contributed by atoms with Crippen molar-refractivity contribution in [2.45, 2.75) is 6.92 Å². The molecule has 0 aliphatic heterocycles. The fourth-order valence-corrected chi connectivity index (χ4v) is 4.04. The van der Waals surface area contributed by atoms with Crippen molar-refractivity contribution < 1.29 is 19.1 Å². The van der Waals surface area contributed by atoms with Crippen LogP contribution in [0.3, 0.4) is 0 Å². The summed E-state index contributed by atoms with van der Waals surface area (Å²) in [6.07, 6.45) is 1.72. The number of carbonyl (C=O) groups excluding carboxylic acids is 2. The van der Waals surface area contributed by atoms with Gasteiger partial charge in [0.1, 0.15) is 5.75 Å². The lowest BCUT2D eigenvalue weighted by molar-refractivity contribution is 0.0529. The third-order valence-corrected chi connectivity index (χ3v) is 5.54. The first-order valence-electron chi connectivity index (χ1n) is 10.3. The molecule has 0 radical (unpaired) electrons. The van der Waals surface area contributed by atoms with Crippen LogP contribution in [-0.2, 0) is 4.74 Å². The molecule has 5 aromatic rings. The number of esters is 1. The summed E-state index contributed by atoms with van der Waals surface area (Å²) in [5.41, 5.74) is 3.34. The predicted octanol–water partition coefficient (Wildman–Crippen LogP) is 5.06. The normalized spacial score (nSPS) is 11.2. The topological polar surface area (TPSA) is 69.9 Å². The molecule has 0 bridgehead atoms. The van der Waals surface area contributed by atoms with Gasteiger partial charge >= 0.3 is 5.97 Å². The van der Waals surface area contributed by atoms with Crippen molar-refractivity contribution in [2.24, 2.45) is 0 Å². The number of nitrogens with zero attached hydrogens (tertiary/aromatic N) is 2. The zero-order chi connectivity index (χ0) is 22.2. The second-order valence-electron chi connectivity index (χ2n) is 7.35. The van der Waals surface area contributed by atoms with Gasteiger partial charge in [-0.3, -0.25) is 9.78 Å². The van der Waals surface area contributed by atoms with E-state index >= 15 is 0 Å². The number of aromatic nitrogens is 2. The Bertz CT molecular complexity index is 1500. The van der Waals surface area contributed by atoms with Gasteiger partial charge in [-0.25, -0.2) is 4.79 Å². The molecule has 0 unspecified atom stereocenters. The summed E-state index contributed by atoms with van der Waals surface area (Å²) in [4.78, 5) is 30.9. The molecule has 0 aliphatic carbocycles. The summed E-state index contributed by atoms with van der Waals surface area (Å²) in [7, 11) is 1.58. The SMILES string of the molecule is CCOC(=O)c1cc(C(=O)c2ccc(OC)cc2)n2c1ccc1ccc3cccnc3c12. The Hall–Kier alpha value is -4.19. The minimum atomic E-state index is -0.466. The first-order chi connectivity index (χ1) is 15.6. The van der Waals surface area contributed by atoms with E-state index in [1.807, 2.05) is 40.8 Å². The minimum absolute atomic E-state index is 0.210. The summed E-state index contributed by atoms with van der Waals surface area (Å²) in [5, 5.41) is 1.86. The van der Waals surface area contributed by atoms with Crippen molar-refractivity contribution in [3.05, 3.63) is 89.7 Å². The Morgan fingerprint density at radius 1 is 0.969 bits per heavy atom. The lowest BCUT2D eigenvalue weighted by atomic mass is 10.1. The first-order valence-corrected chi connectivity index (χ1v) is 10.3. The highest BCUT2D eigenvalue weighted by atomic mass is 16.5. The first kappa shape index (κ1) is 19.8. The van der Waals surface area contributed by atoms with Gasteiger partial charge in [-0.2, -0.15) is 0 Å². The Labute approximate surface area is 184 Å². The minimum Gasteiger partial charge on any atom is -0.497 e. The van der Waals surface area contributed by atoms with Crippen LogP contribution >= 0.6 is 0 Å². The van der Waals surface area contributed by atoms with Gasteiger partial charge in [-0.15, -0.1) is 0 Å². The van der Waals surface area contributed by atoms with E-state index in [1.165, 1.54) is 0 Å². The number of hydrogen-bond donors (Lipinski definition) is 0. The molecule has 3 aromatic heterocycles. The Morgan fingerprint density at radius 2 is 1.72 bits per heavy atom. The molecule has 0 N–H and O–H groups in total. The fourth-order valence-electron chi connectivity index (χ4n) is 4.04. The van der Waals surface area contributed by atoms with Crippen LogP contribution in [-0.4, -0.2) is 34.9 Å². The number of ketones is 1. The van der Waals surface area contributed by atoms with Gasteiger partial charge in [-0.1, -0.05) is 24.3 Å². The smallest absolute Gasteiger partial charge is 0.340 e. The van der Waals surface area contributed by atoms with E-state index in [1.54, 1.807) is 50.6 Å². The van der Waals surface area contributed by atoms with Crippen molar-refractivity contribution in [1.29, 1.82) is 0 Å². The average Bonchev–Trinajstić information content (AvgIpc) is 3.23. The van der Waals surface area contributed by atoms with Gasteiger partial charge in [0, 0.05) is 22.5 Å².